The fourth-order valence-electron chi connectivity index (χ4n) is 2.40. The van der Waals surface area contributed by atoms with Crippen LogP contribution in [0.4, 0.5) is 0 Å². The van der Waals surface area contributed by atoms with Crippen LogP contribution < -0.4 is 11.0 Å². The highest BCUT2D eigenvalue weighted by Gasteiger charge is 2.24. The monoisotopic (exact) mass is 277 g/mol. The zero-order valence-electron chi connectivity index (χ0n) is 12.8. The number of rotatable bonds is 4. The molecule has 0 radical (unpaired) electrons. The molecule has 0 saturated carbocycles. The molecule has 2 N–H and O–H groups in total. The molecule has 1 unspecified atom stereocenters. The zero-order chi connectivity index (χ0) is 14.9. The topological polar surface area (TPSA) is 75.1 Å². The number of aromatic amines is 1. The Kier molecular flexibility index (Phi) is 3.94. The Bertz CT molecular complexity index is 650. The van der Waals surface area contributed by atoms with Crippen LogP contribution in [0.1, 0.15) is 39.2 Å². The van der Waals surface area contributed by atoms with Gasteiger partial charge in [-0.05, 0) is 18.9 Å². The number of hydrogen-bond acceptors (Lipinski definition) is 4. The first-order valence-corrected chi connectivity index (χ1v) is 7.00. The van der Waals surface area contributed by atoms with Gasteiger partial charge in [0.15, 0.2) is 5.65 Å². The van der Waals surface area contributed by atoms with E-state index in [4.69, 9.17) is 0 Å². The molecule has 110 valence electrons. The highest BCUT2D eigenvalue weighted by molar-refractivity contribution is 5.38. The second kappa shape index (κ2) is 5.36. The summed E-state index contributed by atoms with van der Waals surface area (Å²) in [5.74, 6) is 0.667. The van der Waals surface area contributed by atoms with Crippen molar-refractivity contribution in [2.75, 3.05) is 6.54 Å². The predicted molar refractivity (Wildman–Crippen MR) is 79.0 cm³/mol. The molecule has 0 spiro atoms. The van der Waals surface area contributed by atoms with Crippen LogP contribution in [0, 0.1) is 12.3 Å². The Morgan fingerprint density at radius 3 is 2.75 bits per heavy atom. The Balaban J connectivity index is 2.35. The van der Waals surface area contributed by atoms with E-state index in [1.165, 1.54) is 4.40 Å². The van der Waals surface area contributed by atoms with Gasteiger partial charge in [-0.15, -0.1) is 0 Å². The van der Waals surface area contributed by atoms with E-state index in [9.17, 15) is 4.79 Å². The Labute approximate surface area is 118 Å². The van der Waals surface area contributed by atoms with E-state index < -0.39 is 0 Å². The number of hydrogen-bond donors (Lipinski definition) is 2. The lowest BCUT2D eigenvalue weighted by molar-refractivity contribution is 0.268. The van der Waals surface area contributed by atoms with Crippen LogP contribution in [0.2, 0.25) is 0 Å². The van der Waals surface area contributed by atoms with Crippen molar-refractivity contribution in [3.8, 4) is 0 Å². The summed E-state index contributed by atoms with van der Waals surface area (Å²) in [6.07, 6.45) is 0.815. The molecule has 2 aromatic rings. The van der Waals surface area contributed by atoms with Crippen molar-refractivity contribution in [2.24, 2.45) is 5.41 Å². The van der Waals surface area contributed by atoms with Crippen LogP contribution in [0.15, 0.2) is 10.9 Å². The average Bonchev–Trinajstić information content (AvgIpc) is 2.69. The number of nitrogens with zero attached hydrogens (tertiary/aromatic N) is 3. The summed E-state index contributed by atoms with van der Waals surface area (Å²) in [7, 11) is 0. The molecule has 1 atom stereocenters. The first-order valence-electron chi connectivity index (χ1n) is 7.00. The van der Waals surface area contributed by atoms with Crippen molar-refractivity contribution in [3.63, 3.8) is 0 Å². The number of fused-ring (bicyclic) bond motifs is 1. The van der Waals surface area contributed by atoms with Crippen molar-refractivity contribution in [3.05, 3.63) is 28.1 Å². The molecule has 0 aliphatic heterocycles. The molecule has 20 heavy (non-hydrogen) atoms. The van der Waals surface area contributed by atoms with Gasteiger partial charge in [-0.2, -0.15) is 5.10 Å². The Morgan fingerprint density at radius 1 is 1.45 bits per heavy atom. The fraction of sp³-hybridized carbons (Fsp3) is 0.643. The minimum Gasteiger partial charge on any atom is -0.313 e. The Morgan fingerprint density at radius 2 is 2.15 bits per heavy atom. The van der Waals surface area contributed by atoms with Gasteiger partial charge in [0.1, 0.15) is 5.82 Å². The summed E-state index contributed by atoms with van der Waals surface area (Å²) in [6.45, 7) is 11.5. The van der Waals surface area contributed by atoms with Gasteiger partial charge in [-0.1, -0.05) is 27.7 Å². The SMILES string of the molecule is CCNC(Cc1cc2n[nH]c(=O)n2c(C)n1)C(C)(C)C. The van der Waals surface area contributed by atoms with Crippen LogP contribution in [0.3, 0.4) is 0 Å². The summed E-state index contributed by atoms with van der Waals surface area (Å²) in [6, 6.07) is 2.20. The van der Waals surface area contributed by atoms with Crippen molar-refractivity contribution < 1.29 is 0 Å². The molecule has 2 rings (SSSR count). The smallest absolute Gasteiger partial charge is 0.313 e. The molecule has 0 aliphatic carbocycles. The van der Waals surface area contributed by atoms with Gasteiger partial charge in [0, 0.05) is 24.2 Å². The van der Waals surface area contributed by atoms with Gasteiger partial charge >= 0.3 is 5.69 Å². The molecule has 0 fully saturated rings. The van der Waals surface area contributed by atoms with Crippen molar-refractivity contribution in [1.82, 2.24) is 24.9 Å². The quantitative estimate of drug-likeness (QED) is 0.883. The van der Waals surface area contributed by atoms with Crippen LogP contribution in [0.25, 0.3) is 5.65 Å². The van der Waals surface area contributed by atoms with Crippen molar-refractivity contribution >= 4 is 5.65 Å². The lowest BCUT2D eigenvalue weighted by Gasteiger charge is -2.31. The van der Waals surface area contributed by atoms with Crippen LogP contribution in [-0.2, 0) is 6.42 Å². The second-order valence-electron chi connectivity index (χ2n) is 6.20. The van der Waals surface area contributed by atoms with Gasteiger partial charge in [-0.25, -0.2) is 19.3 Å². The number of nitrogens with one attached hydrogen (secondary N) is 2. The predicted octanol–water partition coefficient (Wildman–Crippen LogP) is 1.29. The molecular formula is C14H23N5O. The molecule has 0 aromatic carbocycles. The van der Waals surface area contributed by atoms with Gasteiger partial charge in [0.2, 0.25) is 0 Å². The van der Waals surface area contributed by atoms with Gasteiger partial charge < -0.3 is 5.32 Å². The van der Waals surface area contributed by atoms with E-state index in [1.54, 1.807) is 0 Å². The van der Waals surface area contributed by atoms with Gasteiger partial charge in [0.25, 0.3) is 0 Å². The molecular weight excluding hydrogens is 254 g/mol. The third kappa shape index (κ3) is 2.90. The van der Waals surface area contributed by atoms with E-state index in [-0.39, 0.29) is 11.1 Å². The Hall–Kier alpha value is -1.69. The highest BCUT2D eigenvalue weighted by atomic mass is 16.1. The molecule has 0 saturated heterocycles. The first-order chi connectivity index (χ1) is 9.32. The summed E-state index contributed by atoms with van der Waals surface area (Å²) in [5, 5.41) is 9.98. The van der Waals surface area contributed by atoms with Crippen molar-refractivity contribution in [2.45, 2.75) is 47.1 Å². The van der Waals surface area contributed by atoms with E-state index in [0.29, 0.717) is 17.5 Å². The maximum absolute atomic E-state index is 11.6. The third-order valence-electron chi connectivity index (χ3n) is 3.53. The maximum Gasteiger partial charge on any atom is 0.349 e. The standard InChI is InChI=1S/C14H23N5O/c1-6-15-11(14(3,4)5)7-10-8-12-17-18-13(20)19(12)9(2)16-10/h8,11,15H,6-7H2,1-5H3,(H,18,20). The first kappa shape index (κ1) is 14.7. The molecule has 0 amide bonds. The molecule has 2 heterocycles. The van der Waals surface area contributed by atoms with Crippen LogP contribution >= 0.6 is 0 Å². The fourth-order valence-corrected chi connectivity index (χ4v) is 2.40. The summed E-state index contributed by atoms with van der Waals surface area (Å²) >= 11 is 0. The van der Waals surface area contributed by atoms with Crippen LogP contribution in [-0.4, -0.2) is 32.2 Å². The third-order valence-corrected chi connectivity index (χ3v) is 3.53. The van der Waals surface area contributed by atoms with Gasteiger partial charge in [0.05, 0.1) is 0 Å². The van der Waals surface area contributed by atoms with E-state index in [1.807, 2.05) is 13.0 Å². The number of likely N-dealkylation sites (N-methyl/N-ethyl adjacent to an activating group) is 1. The highest BCUT2D eigenvalue weighted by Crippen LogP contribution is 2.22. The lowest BCUT2D eigenvalue weighted by atomic mass is 9.84. The van der Waals surface area contributed by atoms with E-state index >= 15 is 0 Å². The molecule has 6 nitrogen and oxygen atoms in total. The summed E-state index contributed by atoms with van der Waals surface area (Å²) in [5.41, 5.74) is 1.48. The summed E-state index contributed by atoms with van der Waals surface area (Å²) in [4.78, 5) is 16.1. The van der Waals surface area contributed by atoms with Crippen LogP contribution in [0.5, 0.6) is 0 Å². The normalized spacial score (nSPS) is 13.8. The van der Waals surface area contributed by atoms with E-state index in [0.717, 1.165) is 18.7 Å². The largest absolute Gasteiger partial charge is 0.349 e. The van der Waals surface area contributed by atoms with E-state index in [2.05, 4.69) is 48.2 Å². The minimum absolute atomic E-state index is 0.142. The molecule has 0 aliphatic rings. The molecule has 6 heteroatoms. The number of aryl methyl sites for hydroxylation is 1. The number of H-pyrrole nitrogens is 1. The summed E-state index contributed by atoms with van der Waals surface area (Å²) < 4.78 is 1.49. The van der Waals surface area contributed by atoms with Crippen molar-refractivity contribution in [1.29, 1.82) is 0 Å². The zero-order valence-corrected chi connectivity index (χ0v) is 12.8. The maximum atomic E-state index is 11.6. The molecule has 2 aromatic heterocycles. The minimum atomic E-state index is -0.240. The lowest BCUT2D eigenvalue weighted by Crippen LogP contribution is -2.42. The average molecular weight is 277 g/mol. The molecule has 0 bridgehead atoms. The van der Waals surface area contributed by atoms with Gasteiger partial charge in [-0.3, -0.25) is 0 Å². The second-order valence-corrected chi connectivity index (χ2v) is 6.20. The number of aromatic nitrogens is 4.